The Hall–Kier alpha value is -4.04. The van der Waals surface area contributed by atoms with Crippen LogP contribution < -0.4 is 9.13 Å². The molecule has 5 aromatic rings. The van der Waals surface area contributed by atoms with Crippen molar-refractivity contribution in [3.05, 3.63) is 132 Å². The molecule has 2 aliphatic heterocycles. The Kier molecular flexibility index (Phi) is 5.80. The minimum absolute atomic E-state index is 0.00447. The van der Waals surface area contributed by atoms with Gasteiger partial charge < -0.3 is 0 Å². The van der Waals surface area contributed by atoms with Crippen molar-refractivity contribution in [1.82, 2.24) is 0 Å². The topological polar surface area (TPSA) is 7.76 Å². The molecule has 1 aliphatic carbocycles. The Morgan fingerprint density at radius 3 is 2.21 bits per heavy atom. The summed E-state index contributed by atoms with van der Waals surface area (Å²) in [6, 6.07) is 39.5. The van der Waals surface area contributed by atoms with Crippen LogP contribution in [0.3, 0.4) is 0 Å². The third-order valence-corrected chi connectivity index (χ3v) is 11.1. The molecule has 2 nitrogen and oxygen atoms in total. The van der Waals surface area contributed by atoms with E-state index in [2.05, 4.69) is 145 Å². The number of nitrogens with zero attached hydrogens (tertiary/aromatic N) is 2. The maximum Gasteiger partial charge on any atom is 0.239 e. The average Bonchev–Trinajstić information content (AvgIpc) is 3.05. The third-order valence-electron chi connectivity index (χ3n) is 11.1. The van der Waals surface area contributed by atoms with Gasteiger partial charge in [-0.05, 0) is 59.2 Å². The Balaban J connectivity index is 1.42. The van der Waals surface area contributed by atoms with E-state index in [1.807, 2.05) is 0 Å². The minimum atomic E-state index is -0.0688. The number of hydrogen-bond acceptors (Lipinski definition) is 0. The highest BCUT2D eigenvalue weighted by Gasteiger charge is 2.85. The van der Waals surface area contributed by atoms with Gasteiger partial charge in [0.2, 0.25) is 23.0 Å². The van der Waals surface area contributed by atoms with E-state index in [1.165, 1.54) is 57.6 Å². The lowest BCUT2D eigenvalue weighted by Gasteiger charge is -2.65. The number of hydrogen-bond donors (Lipinski definition) is 0. The molecule has 2 heteroatoms. The van der Waals surface area contributed by atoms with Crippen LogP contribution in [0, 0.1) is 0 Å². The van der Waals surface area contributed by atoms with Crippen LogP contribution in [0.4, 0.5) is 0 Å². The van der Waals surface area contributed by atoms with Crippen LogP contribution in [0.25, 0.3) is 33.6 Å². The van der Waals surface area contributed by atoms with Crippen molar-refractivity contribution >= 4 is 0 Å². The molecule has 4 atom stereocenters. The first-order chi connectivity index (χ1) is 20.7. The Bertz CT molecular complexity index is 1820. The lowest BCUT2D eigenvalue weighted by molar-refractivity contribution is -0.878. The van der Waals surface area contributed by atoms with Gasteiger partial charge in [-0.15, -0.1) is 0 Å². The largest absolute Gasteiger partial charge is 0.239 e. The molecule has 0 radical (unpaired) electrons. The van der Waals surface area contributed by atoms with Crippen LogP contribution >= 0.6 is 0 Å². The molecule has 8 rings (SSSR count). The van der Waals surface area contributed by atoms with E-state index in [0.717, 1.165) is 19.3 Å². The first-order valence-electron chi connectivity index (χ1n) is 16.0. The predicted molar refractivity (Wildman–Crippen MR) is 170 cm³/mol. The standard InChI is InChI=1S/C40H40N2/c1-4-7-15-28-22-25-42-36(26-28)33-20-13-14-21-34(33)39(5-2)37-32-19-12-11-18-31(32)35-27-30(29-16-9-8-10-17-29)23-24-41(35)38(37)40(39,42)6-3/h8-14,16-27,37-38H,4-7,15H2,1-3H3/q+2. The summed E-state index contributed by atoms with van der Waals surface area (Å²) < 4.78 is 5.39. The van der Waals surface area contributed by atoms with Crippen molar-refractivity contribution in [2.45, 2.75) is 75.8 Å². The lowest BCUT2D eigenvalue weighted by Crippen LogP contribution is -2.87. The van der Waals surface area contributed by atoms with Crippen LogP contribution in [0.1, 0.15) is 75.1 Å². The number of rotatable bonds is 6. The lowest BCUT2D eigenvalue weighted by atomic mass is 9.37. The van der Waals surface area contributed by atoms with Crippen molar-refractivity contribution < 1.29 is 9.13 Å². The van der Waals surface area contributed by atoms with Crippen molar-refractivity contribution in [2.24, 2.45) is 0 Å². The van der Waals surface area contributed by atoms with E-state index in [4.69, 9.17) is 0 Å². The molecule has 2 aromatic heterocycles. The fourth-order valence-corrected chi connectivity index (χ4v) is 9.49. The molecule has 208 valence electrons. The summed E-state index contributed by atoms with van der Waals surface area (Å²) in [5, 5.41) is 0. The molecule has 1 fully saturated rings. The van der Waals surface area contributed by atoms with Crippen LogP contribution in [-0.4, -0.2) is 0 Å². The Morgan fingerprint density at radius 1 is 0.667 bits per heavy atom. The van der Waals surface area contributed by atoms with Crippen molar-refractivity contribution in [3.8, 4) is 33.6 Å². The van der Waals surface area contributed by atoms with Gasteiger partial charge in [0.05, 0.1) is 16.9 Å². The van der Waals surface area contributed by atoms with E-state index >= 15 is 0 Å². The molecule has 4 unspecified atom stereocenters. The second kappa shape index (κ2) is 9.49. The van der Waals surface area contributed by atoms with Crippen LogP contribution in [-0.2, 0) is 17.4 Å². The smallest absolute Gasteiger partial charge is 0.187 e. The summed E-state index contributed by atoms with van der Waals surface area (Å²) in [7, 11) is 0. The molecule has 0 amide bonds. The zero-order valence-corrected chi connectivity index (χ0v) is 25.1. The van der Waals surface area contributed by atoms with Gasteiger partial charge in [-0.2, -0.15) is 9.13 Å². The zero-order valence-electron chi connectivity index (χ0n) is 25.1. The summed E-state index contributed by atoms with van der Waals surface area (Å²) >= 11 is 0. The number of fused-ring (bicyclic) bond motifs is 14. The minimum Gasteiger partial charge on any atom is -0.187 e. The third kappa shape index (κ3) is 3.11. The fourth-order valence-electron chi connectivity index (χ4n) is 9.49. The van der Waals surface area contributed by atoms with Gasteiger partial charge in [-0.3, -0.25) is 0 Å². The van der Waals surface area contributed by atoms with Gasteiger partial charge in [0.15, 0.2) is 12.4 Å². The second-order valence-electron chi connectivity index (χ2n) is 12.6. The maximum atomic E-state index is 2.73. The van der Waals surface area contributed by atoms with Gasteiger partial charge in [-0.25, -0.2) is 0 Å². The normalized spacial score (nSPS) is 24.3. The SMILES string of the molecule is CCCCc1cc[n+]2c(c1)-c1ccccc1C1(CC)C3c4ccccc4-c4cc(-c5ccccc5)cc[n+]4C3C21CC. The molecule has 0 saturated heterocycles. The summed E-state index contributed by atoms with van der Waals surface area (Å²) in [5.41, 5.74) is 12.5. The molecule has 4 heterocycles. The molecule has 0 bridgehead atoms. The summed E-state index contributed by atoms with van der Waals surface area (Å²) in [5.74, 6) is 0.403. The van der Waals surface area contributed by atoms with Crippen molar-refractivity contribution in [3.63, 3.8) is 0 Å². The van der Waals surface area contributed by atoms with E-state index in [1.54, 1.807) is 5.56 Å². The van der Waals surface area contributed by atoms with Gasteiger partial charge in [-0.1, -0.05) is 93.9 Å². The van der Waals surface area contributed by atoms with E-state index in [0.29, 0.717) is 12.0 Å². The molecular weight excluding hydrogens is 508 g/mol. The monoisotopic (exact) mass is 548 g/mol. The quantitative estimate of drug-likeness (QED) is 0.188. The first-order valence-corrected chi connectivity index (χ1v) is 16.0. The molecular formula is C40H40N2+2. The Labute approximate surface area is 250 Å². The second-order valence-corrected chi connectivity index (χ2v) is 12.6. The fraction of sp³-hybridized carbons (Fsp3) is 0.300. The number of unbranched alkanes of at least 4 members (excludes halogenated alkanes) is 1. The number of aryl methyl sites for hydroxylation is 1. The molecule has 0 spiro atoms. The van der Waals surface area contributed by atoms with Gasteiger partial charge in [0, 0.05) is 36.2 Å². The summed E-state index contributed by atoms with van der Waals surface area (Å²) in [6.07, 6.45) is 10.6. The molecule has 1 saturated carbocycles. The number of aromatic nitrogens is 2. The molecule has 42 heavy (non-hydrogen) atoms. The van der Waals surface area contributed by atoms with Gasteiger partial charge in [0.1, 0.15) is 0 Å². The maximum absolute atomic E-state index is 2.73. The highest BCUT2D eigenvalue weighted by molar-refractivity contribution is 5.75. The van der Waals surface area contributed by atoms with Crippen molar-refractivity contribution in [2.75, 3.05) is 0 Å². The zero-order chi connectivity index (χ0) is 28.5. The molecule has 3 aromatic carbocycles. The molecule has 3 aliphatic rings. The number of benzene rings is 3. The van der Waals surface area contributed by atoms with E-state index in [-0.39, 0.29) is 11.0 Å². The van der Waals surface area contributed by atoms with E-state index < -0.39 is 0 Å². The van der Waals surface area contributed by atoms with Crippen molar-refractivity contribution in [1.29, 1.82) is 0 Å². The first kappa shape index (κ1) is 25.7. The van der Waals surface area contributed by atoms with Gasteiger partial charge >= 0.3 is 0 Å². The predicted octanol–water partition coefficient (Wildman–Crippen LogP) is 8.72. The summed E-state index contributed by atoms with van der Waals surface area (Å²) in [4.78, 5) is 0. The van der Waals surface area contributed by atoms with Gasteiger partial charge in [0.25, 0.3) is 0 Å². The molecule has 0 N–H and O–H groups in total. The highest BCUT2D eigenvalue weighted by atomic mass is 15.2. The van der Waals surface area contributed by atoms with E-state index in [9.17, 15) is 0 Å². The highest BCUT2D eigenvalue weighted by Crippen LogP contribution is 2.73. The van der Waals surface area contributed by atoms with Crippen LogP contribution in [0.5, 0.6) is 0 Å². The Morgan fingerprint density at radius 2 is 1.43 bits per heavy atom. The summed E-state index contributed by atoms with van der Waals surface area (Å²) in [6.45, 7) is 7.17. The number of pyridine rings is 2. The van der Waals surface area contributed by atoms with Crippen LogP contribution in [0.2, 0.25) is 0 Å². The van der Waals surface area contributed by atoms with Crippen LogP contribution in [0.15, 0.2) is 116 Å². The average molecular weight is 549 g/mol.